The fourth-order valence-corrected chi connectivity index (χ4v) is 4.43. The van der Waals surface area contributed by atoms with Gasteiger partial charge in [0.05, 0.1) is 11.6 Å². The molecular weight excluding hydrogens is 701 g/mol. The van der Waals surface area contributed by atoms with Crippen LogP contribution in [0.2, 0.25) is 0 Å². The molecule has 0 aliphatic rings. The zero-order chi connectivity index (χ0) is 35.3. The van der Waals surface area contributed by atoms with Crippen LogP contribution in [0.5, 0.6) is 0 Å². The van der Waals surface area contributed by atoms with Gasteiger partial charge in [0, 0.05) is 21.7 Å². The first-order valence-electron chi connectivity index (χ1n) is 10.4. The summed E-state index contributed by atoms with van der Waals surface area (Å²) < 4.78 is 244. The van der Waals surface area contributed by atoms with Crippen LogP contribution in [0.1, 0.15) is 5.56 Å². The summed E-state index contributed by atoms with van der Waals surface area (Å²) in [6.45, 7) is 0. The van der Waals surface area contributed by atoms with Gasteiger partial charge >= 0.3 is 47.0 Å². The molecule has 0 aliphatic carbocycles. The van der Waals surface area contributed by atoms with Crippen molar-refractivity contribution in [3.05, 3.63) is 42.0 Å². The SMILES string of the molecule is C[S+](C)c1ccc(C#N)c2ccccc12.O=S(=O)([O-])C(F)(F)C(F)(F)C(F)(F)C(F)(F)C(F)(F)C(F)(F)C(F)(F)C(F)(F)F. The maximum atomic E-state index is 13.0. The molecule has 2 rings (SSSR count). The maximum Gasteiger partial charge on any atom is 0.460 e. The molecule has 0 saturated carbocycles. The third kappa shape index (κ3) is 5.83. The molecule has 0 saturated heterocycles. The van der Waals surface area contributed by atoms with Crippen molar-refractivity contribution >= 4 is 31.8 Å². The Morgan fingerprint density at radius 1 is 0.614 bits per heavy atom. The number of rotatable bonds is 8. The molecule has 2 aromatic rings. The van der Waals surface area contributed by atoms with Gasteiger partial charge in [-0.05, 0) is 18.2 Å². The molecule has 44 heavy (non-hydrogen) atoms. The largest absolute Gasteiger partial charge is 0.743 e. The molecule has 250 valence electrons. The highest BCUT2D eigenvalue weighted by Gasteiger charge is 2.95. The van der Waals surface area contributed by atoms with Gasteiger partial charge in [-0.25, -0.2) is 8.42 Å². The van der Waals surface area contributed by atoms with E-state index in [4.69, 9.17) is 5.26 Å². The third-order valence-electron chi connectivity index (χ3n) is 5.45. The van der Waals surface area contributed by atoms with Gasteiger partial charge in [-0.15, -0.1) is 0 Å². The van der Waals surface area contributed by atoms with Gasteiger partial charge in [0.1, 0.15) is 12.5 Å². The van der Waals surface area contributed by atoms with Gasteiger partial charge in [0.25, 0.3) is 0 Å². The first-order chi connectivity index (χ1) is 19.2. The topological polar surface area (TPSA) is 81.0 Å². The second-order valence-corrected chi connectivity index (χ2v) is 12.0. The van der Waals surface area contributed by atoms with E-state index in [-0.39, 0.29) is 10.9 Å². The van der Waals surface area contributed by atoms with Crippen LogP contribution in [-0.2, 0) is 21.0 Å². The second kappa shape index (κ2) is 11.6. The lowest BCUT2D eigenvalue weighted by atomic mass is 9.91. The Balaban J connectivity index is 0.000000532. The van der Waals surface area contributed by atoms with Crippen molar-refractivity contribution in [1.82, 2.24) is 0 Å². The summed E-state index contributed by atoms with van der Waals surface area (Å²) in [5.74, 6) is -52.1. The Hall–Kier alpha value is -2.74. The van der Waals surface area contributed by atoms with Crippen LogP contribution in [-0.4, -0.2) is 72.4 Å². The van der Waals surface area contributed by atoms with Crippen LogP contribution < -0.4 is 0 Å². The molecule has 0 fully saturated rings. The molecule has 0 aliphatic heterocycles. The molecule has 0 heterocycles. The number of hydrogen-bond acceptors (Lipinski definition) is 4. The van der Waals surface area contributed by atoms with Crippen molar-refractivity contribution < 1.29 is 87.6 Å². The summed E-state index contributed by atoms with van der Waals surface area (Å²) in [6, 6.07) is 14.4. The van der Waals surface area contributed by atoms with Gasteiger partial charge in [0.2, 0.25) is 0 Å². The van der Waals surface area contributed by atoms with E-state index in [2.05, 4.69) is 30.7 Å². The number of halogens is 17. The molecule has 0 spiro atoms. The van der Waals surface area contributed by atoms with E-state index in [9.17, 15) is 87.6 Å². The Labute approximate surface area is 237 Å². The lowest BCUT2D eigenvalue weighted by Gasteiger charge is -2.42. The normalized spacial score (nSPS) is 14.7. The molecule has 0 atom stereocenters. The molecule has 0 unspecified atom stereocenters. The Morgan fingerprint density at radius 3 is 1.32 bits per heavy atom. The molecular formula is C21H12F17NO3S2. The number of fused-ring (bicyclic) bond motifs is 1. The van der Waals surface area contributed by atoms with Crippen molar-refractivity contribution in [3.63, 3.8) is 0 Å². The average Bonchev–Trinajstić information content (AvgIpc) is 2.86. The minimum Gasteiger partial charge on any atom is -0.743 e. The van der Waals surface area contributed by atoms with Crippen molar-refractivity contribution in [1.29, 1.82) is 5.26 Å². The van der Waals surface area contributed by atoms with Gasteiger partial charge in [-0.2, -0.15) is 79.9 Å². The quantitative estimate of drug-likeness (QED) is 0.162. The highest BCUT2D eigenvalue weighted by atomic mass is 32.2. The van der Waals surface area contributed by atoms with Gasteiger partial charge in [-0.1, -0.05) is 18.2 Å². The van der Waals surface area contributed by atoms with Crippen molar-refractivity contribution in [2.45, 2.75) is 51.9 Å². The lowest BCUT2D eigenvalue weighted by Crippen LogP contribution is -2.75. The highest BCUT2D eigenvalue weighted by molar-refractivity contribution is 7.95. The Morgan fingerprint density at radius 2 is 0.977 bits per heavy atom. The summed E-state index contributed by atoms with van der Waals surface area (Å²) >= 11 is 0. The van der Waals surface area contributed by atoms with E-state index >= 15 is 0 Å². The number of hydrogen-bond donors (Lipinski definition) is 0. The van der Waals surface area contributed by atoms with Crippen LogP contribution in [0.25, 0.3) is 10.8 Å². The molecule has 4 nitrogen and oxygen atoms in total. The van der Waals surface area contributed by atoms with Gasteiger partial charge < -0.3 is 4.55 Å². The minimum absolute atomic E-state index is 0.227. The fourth-order valence-electron chi connectivity index (χ4n) is 3.03. The van der Waals surface area contributed by atoms with Crippen LogP contribution in [0.15, 0.2) is 41.3 Å². The predicted molar refractivity (Wildman–Crippen MR) is 117 cm³/mol. The molecule has 0 amide bonds. The molecule has 23 heteroatoms. The van der Waals surface area contributed by atoms with E-state index in [1.165, 1.54) is 10.3 Å². The smallest absolute Gasteiger partial charge is 0.460 e. The zero-order valence-electron chi connectivity index (χ0n) is 20.9. The first-order valence-corrected chi connectivity index (χ1v) is 13.8. The van der Waals surface area contributed by atoms with Crippen LogP contribution in [0, 0.1) is 11.3 Å². The summed E-state index contributed by atoms with van der Waals surface area (Å²) in [6.07, 6.45) is -3.49. The Bertz CT molecular complexity index is 1510. The standard InChI is InChI=1S/C13H12NS.C8HF17O3S/c1-15(2)13-8-7-10(9-14)11-5-3-4-6-12(11)13;9-1(10,3(13,14)5(17,18)7(21,22)23)2(11,12)4(15,16)6(19,20)8(24,25)29(26,27)28/h3-8H,1-2H3;(H,26,27,28)/q+1;/p-1. The molecule has 0 aromatic heterocycles. The summed E-state index contributed by atoms with van der Waals surface area (Å²) in [5.41, 5.74) is 0.764. The van der Waals surface area contributed by atoms with E-state index < -0.39 is 57.1 Å². The number of nitriles is 1. The van der Waals surface area contributed by atoms with E-state index in [0.717, 1.165) is 10.9 Å². The zero-order valence-corrected chi connectivity index (χ0v) is 22.5. The summed E-state index contributed by atoms with van der Waals surface area (Å²) in [4.78, 5) is 1.34. The van der Waals surface area contributed by atoms with E-state index in [1.807, 2.05) is 24.3 Å². The predicted octanol–water partition coefficient (Wildman–Crippen LogP) is 7.45. The summed E-state index contributed by atoms with van der Waals surface area (Å²) in [7, 11) is -7.92. The van der Waals surface area contributed by atoms with Crippen LogP contribution in [0.4, 0.5) is 74.6 Å². The third-order valence-corrected chi connectivity index (χ3v) is 7.57. The van der Waals surface area contributed by atoms with Crippen LogP contribution in [0.3, 0.4) is 0 Å². The molecule has 2 aromatic carbocycles. The van der Waals surface area contributed by atoms with E-state index in [1.54, 1.807) is 0 Å². The second-order valence-electron chi connectivity index (χ2n) is 8.50. The van der Waals surface area contributed by atoms with Crippen molar-refractivity contribution in [2.75, 3.05) is 12.5 Å². The van der Waals surface area contributed by atoms with Gasteiger partial charge in [-0.3, -0.25) is 0 Å². The monoisotopic (exact) mass is 713 g/mol. The van der Waals surface area contributed by atoms with Crippen molar-refractivity contribution in [3.8, 4) is 6.07 Å². The van der Waals surface area contributed by atoms with Gasteiger partial charge in [0.15, 0.2) is 15.0 Å². The van der Waals surface area contributed by atoms with Crippen LogP contribution >= 0.6 is 0 Å². The molecule has 0 N–H and O–H groups in total. The maximum absolute atomic E-state index is 13.0. The Kier molecular flexibility index (Phi) is 10.3. The summed E-state index contributed by atoms with van der Waals surface area (Å²) in [5, 5.41) is 3.34. The van der Waals surface area contributed by atoms with Crippen molar-refractivity contribution in [2.24, 2.45) is 0 Å². The number of alkyl halides is 17. The first kappa shape index (κ1) is 39.3. The highest BCUT2D eigenvalue weighted by Crippen LogP contribution is 2.64. The number of nitrogens with zero attached hydrogens (tertiary/aromatic N) is 1. The fraction of sp³-hybridized carbons (Fsp3) is 0.476. The number of benzene rings is 2. The lowest BCUT2D eigenvalue weighted by molar-refractivity contribution is -0.458. The molecule has 0 radical (unpaired) electrons. The molecule has 0 bridgehead atoms. The van der Waals surface area contributed by atoms with E-state index in [0.29, 0.717) is 0 Å². The average molecular weight is 713 g/mol. The minimum atomic E-state index is -8.92.